The van der Waals surface area contributed by atoms with Crippen LogP contribution in [0.2, 0.25) is 5.02 Å². The van der Waals surface area contributed by atoms with Crippen LogP contribution in [0.4, 0.5) is 19.0 Å². The number of rotatable bonds is 3. The predicted octanol–water partition coefficient (Wildman–Crippen LogP) is 2.99. The molecule has 1 saturated heterocycles. The summed E-state index contributed by atoms with van der Waals surface area (Å²) in [6.45, 7) is 0.187. The maximum Gasteiger partial charge on any atom is 0.433 e. The number of hydrogen-bond donors (Lipinski definition) is 2. The van der Waals surface area contributed by atoms with Crippen molar-refractivity contribution in [2.45, 2.75) is 30.0 Å². The number of nitrogens with one attached hydrogen (secondary N) is 1. The molecule has 4 heterocycles. The number of pyridine rings is 1. The molecular weight excluding hydrogens is 507 g/mol. The molecular formula is C18H17ClF3N5O4S2. The van der Waals surface area contributed by atoms with Crippen LogP contribution in [-0.4, -0.2) is 48.7 Å². The lowest BCUT2D eigenvalue weighted by Gasteiger charge is -2.44. The highest BCUT2D eigenvalue weighted by atomic mass is 35.5. The van der Waals surface area contributed by atoms with Crippen molar-refractivity contribution >= 4 is 50.6 Å². The number of fused-ring (bicyclic) bond motifs is 1. The zero-order valence-corrected chi connectivity index (χ0v) is 19.3. The summed E-state index contributed by atoms with van der Waals surface area (Å²) in [4.78, 5) is 20.8. The number of aromatic nitrogens is 1. The van der Waals surface area contributed by atoms with Crippen molar-refractivity contribution in [2.24, 2.45) is 10.7 Å². The number of carbonyl (C=O) groups excluding carboxylic acids is 1. The number of halogens is 4. The van der Waals surface area contributed by atoms with E-state index < -0.39 is 38.8 Å². The number of guanidine groups is 1. The summed E-state index contributed by atoms with van der Waals surface area (Å²) in [5.41, 5.74) is 1.86. The highest BCUT2D eigenvalue weighted by Gasteiger charge is 2.57. The van der Waals surface area contributed by atoms with E-state index in [4.69, 9.17) is 22.1 Å². The van der Waals surface area contributed by atoms with Gasteiger partial charge >= 0.3 is 6.18 Å². The summed E-state index contributed by atoms with van der Waals surface area (Å²) in [5.74, 6) is -1.32. The fourth-order valence-electron chi connectivity index (χ4n) is 3.66. The molecule has 15 heteroatoms. The van der Waals surface area contributed by atoms with Gasteiger partial charge in [-0.05, 0) is 31.0 Å². The Kier molecular flexibility index (Phi) is 5.83. The predicted molar refractivity (Wildman–Crippen MR) is 115 cm³/mol. The number of nitrogens with two attached hydrogens (primary N) is 1. The van der Waals surface area contributed by atoms with Crippen molar-refractivity contribution in [3.8, 4) is 0 Å². The van der Waals surface area contributed by atoms with E-state index in [1.807, 2.05) is 0 Å². The van der Waals surface area contributed by atoms with Crippen LogP contribution >= 0.6 is 22.9 Å². The molecule has 1 fully saturated rings. The molecule has 9 nitrogen and oxygen atoms in total. The van der Waals surface area contributed by atoms with Crippen LogP contribution in [-0.2, 0) is 26.5 Å². The molecule has 2 aromatic rings. The second-order valence-corrected chi connectivity index (χ2v) is 10.8. The lowest BCUT2D eigenvalue weighted by atomic mass is 9.91. The molecule has 2 aliphatic heterocycles. The van der Waals surface area contributed by atoms with Gasteiger partial charge in [0, 0.05) is 13.7 Å². The Bertz CT molecular complexity index is 1250. The van der Waals surface area contributed by atoms with Crippen molar-refractivity contribution in [1.29, 1.82) is 0 Å². The first-order valence-electron chi connectivity index (χ1n) is 9.46. The Labute approximate surface area is 195 Å². The first kappa shape index (κ1) is 23.7. The summed E-state index contributed by atoms with van der Waals surface area (Å²) in [6, 6.07) is 4.40. The molecule has 0 bridgehead atoms. The minimum absolute atomic E-state index is 0.0259. The van der Waals surface area contributed by atoms with Crippen molar-refractivity contribution in [2.75, 3.05) is 19.0 Å². The second kappa shape index (κ2) is 8.11. The molecule has 4 rings (SSSR count). The quantitative estimate of drug-likeness (QED) is 0.637. The summed E-state index contributed by atoms with van der Waals surface area (Å²) in [7, 11) is -2.77. The topological polar surface area (TPSA) is 127 Å². The average molecular weight is 524 g/mol. The van der Waals surface area contributed by atoms with Gasteiger partial charge in [0.15, 0.2) is 0 Å². The van der Waals surface area contributed by atoms with Gasteiger partial charge in [-0.15, -0.1) is 11.3 Å². The van der Waals surface area contributed by atoms with Crippen LogP contribution in [0.3, 0.4) is 0 Å². The van der Waals surface area contributed by atoms with E-state index in [1.165, 1.54) is 19.2 Å². The molecule has 2 atom stereocenters. The van der Waals surface area contributed by atoms with Crippen LogP contribution in [0, 0.1) is 0 Å². The smallest absolute Gasteiger partial charge is 0.369 e. The van der Waals surface area contributed by atoms with Gasteiger partial charge in [-0.25, -0.2) is 22.7 Å². The third-order valence-corrected chi connectivity index (χ3v) is 8.96. The average Bonchev–Trinajstić information content (AvgIpc) is 3.14. The number of alkyl halides is 3. The van der Waals surface area contributed by atoms with Crippen molar-refractivity contribution in [3.05, 3.63) is 44.7 Å². The maximum atomic E-state index is 13.0. The number of thiophene rings is 1. The number of anilines is 1. The van der Waals surface area contributed by atoms with Crippen LogP contribution in [0.25, 0.3) is 0 Å². The SMILES string of the molecule is CN1C(N)=N[C@@]2(c3sc(C(=O)Nc4cccc(C(F)(F)F)n4)cc3Cl)CCCOC2S1(=O)=O. The van der Waals surface area contributed by atoms with Crippen molar-refractivity contribution in [3.63, 3.8) is 0 Å². The van der Waals surface area contributed by atoms with E-state index in [0.717, 1.165) is 27.8 Å². The molecule has 0 spiro atoms. The number of hydrogen-bond acceptors (Lipinski definition) is 8. The molecule has 2 aromatic heterocycles. The number of ether oxygens (including phenoxy) is 1. The van der Waals surface area contributed by atoms with Crippen molar-refractivity contribution in [1.82, 2.24) is 9.29 Å². The van der Waals surface area contributed by atoms with E-state index in [9.17, 15) is 26.4 Å². The fraction of sp³-hybridized carbons (Fsp3) is 0.389. The van der Waals surface area contributed by atoms with E-state index in [2.05, 4.69) is 15.3 Å². The summed E-state index contributed by atoms with van der Waals surface area (Å²) in [5, 5.41) is 2.36. The first-order chi connectivity index (χ1) is 15.4. The third-order valence-electron chi connectivity index (χ3n) is 5.24. The van der Waals surface area contributed by atoms with E-state index in [-0.39, 0.29) is 39.6 Å². The number of nitrogens with zero attached hydrogens (tertiary/aromatic N) is 3. The molecule has 0 saturated carbocycles. The third kappa shape index (κ3) is 4.05. The Morgan fingerprint density at radius 3 is 2.85 bits per heavy atom. The van der Waals surface area contributed by atoms with Gasteiger partial charge in [-0.3, -0.25) is 4.79 Å². The van der Waals surface area contributed by atoms with Gasteiger partial charge in [-0.2, -0.15) is 13.2 Å². The van der Waals surface area contributed by atoms with Gasteiger partial charge in [0.25, 0.3) is 15.9 Å². The zero-order valence-electron chi connectivity index (χ0n) is 16.9. The summed E-state index contributed by atoms with van der Waals surface area (Å²) in [6.07, 6.45) is -3.95. The standard InChI is InChI=1S/C18H17ClF3N5O4S2/c1-27-16(23)26-17(6-3-7-31-15(17)33(27,29)30)13-9(19)8-10(32-13)14(28)25-12-5-2-4-11(24-12)18(20,21)22/h2,4-5,8,15H,3,6-7H2,1H3,(H2,23,26)(H,24,25,28)/t15?,17-/m1/s1. The number of amides is 1. The summed E-state index contributed by atoms with van der Waals surface area (Å²) < 4.78 is 71.0. The Hall–Kier alpha value is -2.42. The fourth-order valence-corrected chi connectivity index (χ4v) is 6.96. The molecule has 1 unspecified atom stereocenters. The monoisotopic (exact) mass is 523 g/mol. The van der Waals surface area contributed by atoms with Crippen molar-refractivity contribution < 1.29 is 31.1 Å². The molecule has 3 N–H and O–H groups in total. The molecule has 33 heavy (non-hydrogen) atoms. The molecule has 178 valence electrons. The molecule has 2 aliphatic rings. The van der Waals surface area contributed by atoms with Gasteiger partial charge in [0.05, 0.1) is 14.8 Å². The maximum absolute atomic E-state index is 13.0. The highest BCUT2D eigenvalue weighted by Crippen LogP contribution is 2.50. The Morgan fingerprint density at radius 2 is 2.15 bits per heavy atom. The van der Waals surface area contributed by atoms with Gasteiger partial charge in [0.1, 0.15) is 17.1 Å². The Morgan fingerprint density at radius 1 is 1.42 bits per heavy atom. The van der Waals surface area contributed by atoms with E-state index >= 15 is 0 Å². The normalized spacial score (nSPS) is 24.7. The molecule has 0 radical (unpaired) electrons. The van der Waals surface area contributed by atoms with E-state index in [1.54, 1.807) is 0 Å². The van der Waals surface area contributed by atoms with Crippen LogP contribution < -0.4 is 11.1 Å². The van der Waals surface area contributed by atoms with Gasteiger partial charge < -0.3 is 15.8 Å². The number of carbonyl (C=O) groups is 1. The number of aliphatic imine (C=N–C) groups is 1. The van der Waals surface area contributed by atoms with Gasteiger partial charge in [-0.1, -0.05) is 17.7 Å². The summed E-state index contributed by atoms with van der Waals surface area (Å²) >= 11 is 7.26. The lowest BCUT2D eigenvalue weighted by molar-refractivity contribution is -0.141. The molecule has 0 aromatic carbocycles. The second-order valence-electron chi connectivity index (χ2n) is 7.36. The Balaban J connectivity index is 1.71. The first-order valence-corrected chi connectivity index (χ1v) is 12.2. The van der Waals surface area contributed by atoms with E-state index in [0.29, 0.717) is 6.42 Å². The zero-order chi connectivity index (χ0) is 24.2. The molecule has 1 amide bonds. The molecule has 0 aliphatic carbocycles. The number of sulfonamides is 1. The van der Waals surface area contributed by atoms with Crippen LogP contribution in [0.1, 0.15) is 33.1 Å². The van der Waals surface area contributed by atoms with Crippen LogP contribution in [0.15, 0.2) is 29.3 Å². The highest BCUT2D eigenvalue weighted by molar-refractivity contribution is 7.90. The van der Waals surface area contributed by atoms with Gasteiger partial charge in [0.2, 0.25) is 11.4 Å². The minimum Gasteiger partial charge on any atom is -0.369 e. The lowest BCUT2D eigenvalue weighted by Crippen LogP contribution is -2.59. The van der Waals surface area contributed by atoms with Crippen LogP contribution in [0.5, 0.6) is 0 Å². The minimum atomic E-state index is -4.67. The largest absolute Gasteiger partial charge is 0.433 e.